The Bertz CT molecular complexity index is 285. The minimum atomic E-state index is -0.885. The molecule has 0 N–H and O–H groups in total. The first-order valence-corrected chi connectivity index (χ1v) is 6.77. The van der Waals surface area contributed by atoms with E-state index in [-0.39, 0.29) is 17.7 Å². The van der Waals surface area contributed by atoms with Gasteiger partial charge in [-0.2, -0.15) is 0 Å². The zero-order valence-corrected chi connectivity index (χ0v) is 11.3. The van der Waals surface area contributed by atoms with Gasteiger partial charge in [-0.25, -0.2) is 0 Å². The van der Waals surface area contributed by atoms with E-state index in [2.05, 4.69) is 6.92 Å². The van der Waals surface area contributed by atoms with E-state index >= 15 is 0 Å². The summed E-state index contributed by atoms with van der Waals surface area (Å²) in [6, 6.07) is 0. The van der Waals surface area contributed by atoms with Gasteiger partial charge >= 0.3 is 5.97 Å². The Morgan fingerprint density at radius 1 is 1.47 bits per heavy atom. The zero-order chi connectivity index (χ0) is 12.9. The normalized spacial score (nSPS) is 29.1. The SMILES string of the molecule is CCCC[C@@H]1CCCC(=O)[C@@]1(C)C(=O)OCC. The van der Waals surface area contributed by atoms with Crippen molar-refractivity contribution in [2.24, 2.45) is 11.3 Å². The van der Waals surface area contributed by atoms with E-state index in [1.54, 1.807) is 13.8 Å². The van der Waals surface area contributed by atoms with Crippen LogP contribution in [-0.4, -0.2) is 18.4 Å². The highest BCUT2D eigenvalue weighted by Crippen LogP contribution is 2.42. The largest absolute Gasteiger partial charge is 0.465 e. The minimum Gasteiger partial charge on any atom is -0.465 e. The van der Waals surface area contributed by atoms with E-state index in [1.165, 1.54) is 0 Å². The van der Waals surface area contributed by atoms with E-state index in [0.29, 0.717) is 13.0 Å². The molecule has 1 fully saturated rings. The number of ether oxygens (including phenoxy) is 1. The second-order valence-corrected chi connectivity index (χ2v) is 5.08. The highest BCUT2D eigenvalue weighted by atomic mass is 16.5. The molecule has 0 heterocycles. The third-order valence-corrected chi connectivity index (χ3v) is 3.96. The van der Waals surface area contributed by atoms with E-state index in [4.69, 9.17) is 4.74 Å². The summed E-state index contributed by atoms with van der Waals surface area (Å²) in [6.07, 6.45) is 5.55. The molecular formula is C14H24O3. The summed E-state index contributed by atoms with van der Waals surface area (Å²) < 4.78 is 5.11. The van der Waals surface area contributed by atoms with Gasteiger partial charge in [-0.1, -0.05) is 19.8 Å². The number of ketones is 1. The number of esters is 1. The van der Waals surface area contributed by atoms with Crippen molar-refractivity contribution in [3.05, 3.63) is 0 Å². The first-order chi connectivity index (χ1) is 8.07. The average Bonchev–Trinajstić information content (AvgIpc) is 2.31. The van der Waals surface area contributed by atoms with Crippen molar-refractivity contribution in [2.75, 3.05) is 6.61 Å². The number of Topliss-reactive ketones (excluding diaryl/α,β-unsaturated/α-hetero) is 1. The summed E-state index contributed by atoms with van der Waals surface area (Å²) >= 11 is 0. The van der Waals surface area contributed by atoms with Gasteiger partial charge in [0.2, 0.25) is 0 Å². The van der Waals surface area contributed by atoms with E-state index in [0.717, 1.165) is 32.1 Å². The van der Waals surface area contributed by atoms with Gasteiger partial charge < -0.3 is 4.74 Å². The third-order valence-electron chi connectivity index (χ3n) is 3.96. The van der Waals surface area contributed by atoms with Crippen molar-refractivity contribution in [3.8, 4) is 0 Å². The highest BCUT2D eigenvalue weighted by Gasteiger charge is 2.49. The molecule has 0 radical (unpaired) electrons. The Hall–Kier alpha value is -0.860. The molecule has 1 rings (SSSR count). The van der Waals surface area contributed by atoms with Gasteiger partial charge in [-0.3, -0.25) is 9.59 Å². The number of carbonyl (C=O) groups excluding carboxylic acids is 2. The molecule has 0 aromatic rings. The molecule has 98 valence electrons. The molecule has 0 saturated heterocycles. The van der Waals surface area contributed by atoms with Crippen LogP contribution in [0.15, 0.2) is 0 Å². The molecule has 0 bridgehead atoms. The van der Waals surface area contributed by atoms with Crippen LogP contribution in [0.4, 0.5) is 0 Å². The van der Waals surface area contributed by atoms with Crippen LogP contribution in [0.1, 0.15) is 59.3 Å². The summed E-state index contributed by atoms with van der Waals surface area (Å²) in [6.45, 7) is 6.05. The predicted octanol–water partition coefficient (Wildman–Crippen LogP) is 3.12. The lowest BCUT2D eigenvalue weighted by atomic mass is 9.65. The molecule has 0 aromatic heterocycles. The summed E-state index contributed by atoms with van der Waals surface area (Å²) in [5.41, 5.74) is -0.885. The number of hydrogen-bond donors (Lipinski definition) is 0. The molecule has 3 heteroatoms. The van der Waals surface area contributed by atoms with Crippen LogP contribution in [0.2, 0.25) is 0 Å². The van der Waals surface area contributed by atoms with Gasteiger partial charge in [-0.05, 0) is 39.0 Å². The maximum Gasteiger partial charge on any atom is 0.319 e. The zero-order valence-electron chi connectivity index (χ0n) is 11.3. The molecular weight excluding hydrogens is 216 g/mol. The van der Waals surface area contributed by atoms with Gasteiger partial charge in [0.15, 0.2) is 0 Å². The first kappa shape index (κ1) is 14.2. The smallest absolute Gasteiger partial charge is 0.319 e. The summed E-state index contributed by atoms with van der Waals surface area (Å²) in [7, 11) is 0. The summed E-state index contributed by atoms with van der Waals surface area (Å²) in [5, 5.41) is 0. The fourth-order valence-electron chi connectivity index (χ4n) is 2.73. The van der Waals surface area contributed by atoms with E-state index in [9.17, 15) is 9.59 Å². The quantitative estimate of drug-likeness (QED) is 0.548. The van der Waals surface area contributed by atoms with Crippen LogP contribution in [0, 0.1) is 11.3 Å². The molecule has 0 aliphatic heterocycles. The first-order valence-electron chi connectivity index (χ1n) is 6.77. The molecule has 0 unspecified atom stereocenters. The third kappa shape index (κ3) is 2.88. The van der Waals surface area contributed by atoms with Gasteiger partial charge in [0.1, 0.15) is 11.2 Å². The number of carbonyl (C=O) groups is 2. The monoisotopic (exact) mass is 240 g/mol. The van der Waals surface area contributed by atoms with Gasteiger partial charge in [0, 0.05) is 6.42 Å². The van der Waals surface area contributed by atoms with Crippen LogP contribution in [0.3, 0.4) is 0 Å². The standard InChI is InChI=1S/C14H24O3/c1-4-6-8-11-9-7-10-12(15)14(11,3)13(16)17-5-2/h11H,4-10H2,1-3H3/t11-,14+/m1/s1. The van der Waals surface area contributed by atoms with Crippen LogP contribution in [0.5, 0.6) is 0 Å². The summed E-state index contributed by atoms with van der Waals surface area (Å²) in [5.74, 6) is -0.0724. The maximum absolute atomic E-state index is 12.1. The fourth-order valence-corrected chi connectivity index (χ4v) is 2.73. The lowest BCUT2D eigenvalue weighted by molar-refractivity contribution is -0.165. The molecule has 1 saturated carbocycles. The fraction of sp³-hybridized carbons (Fsp3) is 0.857. The van der Waals surface area contributed by atoms with E-state index < -0.39 is 5.41 Å². The lowest BCUT2D eigenvalue weighted by Gasteiger charge is -2.37. The molecule has 0 aromatic carbocycles. The Kier molecular flexibility index (Phi) is 5.16. The molecule has 1 aliphatic carbocycles. The second kappa shape index (κ2) is 6.18. The molecule has 0 spiro atoms. The molecule has 17 heavy (non-hydrogen) atoms. The molecule has 2 atom stereocenters. The number of hydrogen-bond acceptors (Lipinski definition) is 3. The van der Waals surface area contributed by atoms with Crippen LogP contribution < -0.4 is 0 Å². The topological polar surface area (TPSA) is 43.4 Å². The van der Waals surface area contributed by atoms with E-state index in [1.807, 2.05) is 0 Å². The highest BCUT2D eigenvalue weighted by molar-refractivity contribution is 6.04. The number of unbranched alkanes of at least 4 members (excludes halogenated alkanes) is 1. The summed E-state index contributed by atoms with van der Waals surface area (Å²) in [4.78, 5) is 24.2. The average molecular weight is 240 g/mol. The van der Waals surface area contributed by atoms with Gasteiger partial charge in [0.05, 0.1) is 6.61 Å². The minimum absolute atomic E-state index is 0.0725. The van der Waals surface area contributed by atoms with Crippen LogP contribution in [-0.2, 0) is 14.3 Å². The van der Waals surface area contributed by atoms with Crippen molar-refractivity contribution in [2.45, 2.75) is 59.3 Å². The van der Waals surface area contributed by atoms with Crippen molar-refractivity contribution in [3.63, 3.8) is 0 Å². The second-order valence-electron chi connectivity index (χ2n) is 5.08. The van der Waals surface area contributed by atoms with Crippen molar-refractivity contribution in [1.29, 1.82) is 0 Å². The molecule has 3 nitrogen and oxygen atoms in total. The van der Waals surface area contributed by atoms with Crippen molar-refractivity contribution >= 4 is 11.8 Å². The van der Waals surface area contributed by atoms with Crippen LogP contribution in [0.25, 0.3) is 0 Å². The van der Waals surface area contributed by atoms with Gasteiger partial charge in [0.25, 0.3) is 0 Å². The Morgan fingerprint density at radius 3 is 2.76 bits per heavy atom. The maximum atomic E-state index is 12.1. The Balaban J connectivity index is 2.84. The number of rotatable bonds is 5. The Morgan fingerprint density at radius 2 is 2.18 bits per heavy atom. The lowest BCUT2D eigenvalue weighted by Crippen LogP contribution is -2.46. The Labute approximate surface area is 104 Å². The predicted molar refractivity (Wildman–Crippen MR) is 66.6 cm³/mol. The van der Waals surface area contributed by atoms with Gasteiger partial charge in [-0.15, -0.1) is 0 Å². The molecule has 1 aliphatic rings. The van der Waals surface area contributed by atoms with Crippen molar-refractivity contribution < 1.29 is 14.3 Å². The molecule has 0 amide bonds. The van der Waals surface area contributed by atoms with Crippen molar-refractivity contribution in [1.82, 2.24) is 0 Å². The van der Waals surface area contributed by atoms with Crippen LogP contribution >= 0.6 is 0 Å².